The molecule has 5 nitrogen and oxygen atoms in total. The molecule has 0 fully saturated rings. The second-order valence-corrected chi connectivity index (χ2v) is 5.51. The predicted molar refractivity (Wildman–Crippen MR) is 93.9 cm³/mol. The minimum atomic E-state index is -0.659. The third-order valence-corrected chi connectivity index (χ3v) is 3.31. The van der Waals surface area contributed by atoms with Gasteiger partial charge in [-0.15, -0.1) is 0 Å². The molecule has 0 aliphatic rings. The minimum absolute atomic E-state index is 0.0894. The smallest absolute Gasteiger partial charge is 0.303 e. The van der Waals surface area contributed by atoms with E-state index < -0.39 is 5.97 Å². The van der Waals surface area contributed by atoms with E-state index >= 15 is 0 Å². The zero-order chi connectivity index (χ0) is 17.6. The summed E-state index contributed by atoms with van der Waals surface area (Å²) in [6, 6.07) is 0. The van der Waals surface area contributed by atoms with Gasteiger partial charge in [0, 0.05) is 13.0 Å². The molecule has 0 saturated heterocycles. The first-order chi connectivity index (χ1) is 11.2. The normalized spacial score (nSPS) is 10.2. The highest BCUT2D eigenvalue weighted by Gasteiger charge is 1.96. The number of carboxylic acids is 1. The molecule has 0 aromatic heterocycles. The SMILES string of the molecule is CCCCCCCCCCCC(=O)O.CCOCCOCCO. The number of ether oxygens (including phenoxy) is 2. The third-order valence-electron chi connectivity index (χ3n) is 3.31. The van der Waals surface area contributed by atoms with Gasteiger partial charge in [-0.2, -0.15) is 0 Å². The van der Waals surface area contributed by atoms with Crippen molar-refractivity contribution in [3.05, 3.63) is 0 Å². The second kappa shape index (κ2) is 23.6. The maximum absolute atomic E-state index is 10.2. The lowest BCUT2D eigenvalue weighted by atomic mass is 10.1. The van der Waals surface area contributed by atoms with Crippen LogP contribution in [0.5, 0.6) is 0 Å². The van der Waals surface area contributed by atoms with Crippen LogP contribution in [0.25, 0.3) is 0 Å². The fraction of sp³-hybridized carbons (Fsp3) is 0.944. The average Bonchev–Trinajstić information content (AvgIpc) is 2.54. The van der Waals surface area contributed by atoms with Crippen LogP contribution in [-0.2, 0) is 14.3 Å². The van der Waals surface area contributed by atoms with E-state index in [1.165, 1.54) is 44.9 Å². The van der Waals surface area contributed by atoms with E-state index in [2.05, 4.69) is 6.92 Å². The molecule has 0 aromatic rings. The van der Waals surface area contributed by atoms with E-state index in [0.29, 0.717) is 26.2 Å². The number of carboxylic acid groups (broad SMARTS) is 1. The van der Waals surface area contributed by atoms with Crippen molar-refractivity contribution in [2.45, 2.75) is 78.1 Å². The van der Waals surface area contributed by atoms with Crippen LogP contribution >= 0.6 is 0 Å². The first-order valence-corrected chi connectivity index (χ1v) is 9.17. The van der Waals surface area contributed by atoms with Gasteiger partial charge in [-0.1, -0.05) is 58.3 Å². The van der Waals surface area contributed by atoms with E-state index in [0.717, 1.165) is 19.4 Å². The largest absolute Gasteiger partial charge is 0.481 e. The summed E-state index contributed by atoms with van der Waals surface area (Å²) in [4.78, 5) is 10.2. The van der Waals surface area contributed by atoms with E-state index in [1.807, 2.05) is 6.92 Å². The van der Waals surface area contributed by atoms with Gasteiger partial charge in [0.2, 0.25) is 0 Å². The van der Waals surface area contributed by atoms with Crippen molar-refractivity contribution in [2.75, 3.05) is 33.0 Å². The summed E-state index contributed by atoms with van der Waals surface area (Å²) < 4.78 is 9.88. The molecule has 0 radical (unpaired) electrons. The van der Waals surface area contributed by atoms with Crippen molar-refractivity contribution < 1.29 is 24.5 Å². The van der Waals surface area contributed by atoms with Gasteiger partial charge in [-0.3, -0.25) is 4.79 Å². The number of hydrogen-bond acceptors (Lipinski definition) is 4. The van der Waals surface area contributed by atoms with Crippen molar-refractivity contribution in [2.24, 2.45) is 0 Å². The fourth-order valence-electron chi connectivity index (χ4n) is 2.02. The van der Waals surface area contributed by atoms with E-state index in [-0.39, 0.29) is 6.61 Å². The second-order valence-electron chi connectivity index (χ2n) is 5.51. The average molecular weight is 334 g/mol. The van der Waals surface area contributed by atoms with Crippen molar-refractivity contribution in [1.29, 1.82) is 0 Å². The first-order valence-electron chi connectivity index (χ1n) is 9.17. The number of aliphatic hydroxyl groups is 1. The van der Waals surface area contributed by atoms with Crippen molar-refractivity contribution in [3.63, 3.8) is 0 Å². The number of aliphatic hydroxyl groups excluding tert-OH is 1. The summed E-state index contributed by atoms with van der Waals surface area (Å²) in [5, 5.41) is 16.7. The van der Waals surface area contributed by atoms with E-state index in [9.17, 15) is 4.79 Å². The van der Waals surface area contributed by atoms with Gasteiger partial charge >= 0.3 is 5.97 Å². The summed E-state index contributed by atoms with van der Waals surface area (Å²) in [6.45, 7) is 6.59. The molecule has 0 spiro atoms. The Balaban J connectivity index is 0. The van der Waals surface area contributed by atoms with Gasteiger partial charge in [0.15, 0.2) is 0 Å². The first kappa shape index (κ1) is 24.6. The summed E-state index contributed by atoms with van der Waals surface area (Å²) in [5.41, 5.74) is 0. The predicted octanol–water partition coefficient (Wildman–Crippen LogP) is 4.02. The van der Waals surface area contributed by atoms with Crippen LogP contribution in [0.15, 0.2) is 0 Å². The highest BCUT2D eigenvalue weighted by atomic mass is 16.5. The van der Waals surface area contributed by atoms with Gasteiger partial charge < -0.3 is 19.7 Å². The lowest BCUT2D eigenvalue weighted by molar-refractivity contribution is -0.137. The van der Waals surface area contributed by atoms with Gasteiger partial charge in [0.25, 0.3) is 0 Å². The summed E-state index contributed by atoms with van der Waals surface area (Å²) in [7, 11) is 0. The van der Waals surface area contributed by atoms with Crippen molar-refractivity contribution >= 4 is 5.97 Å². The van der Waals surface area contributed by atoms with Gasteiger partial charge in [0.05, 0.1) is 26.4 Å². The molecule has 0 heterocycles. The van der Waals surface area contributed by atoms with Crippen LogP contribution in [0.1, 0.15) is 78.1 Å². The molecule has 0 saturated carbocycles. The maximum atomic E-state index is 10.2. The van der Waals surface area contributed by atoms with Gasteiger partial charge in [-0.05, 0) is 13.3 Å². The van der Waals surface area contributed by atoms with Crippen LogP contribution in [-0.4, -0.2) is 49.2 Å². The number of aliphatic carboxylic acids is 1. The number of carbonyl (C=O) groups is 1. The lowest BCUT2D eigenvalue weighted by Gasteiger charge is -2.00. The topological polar surface area (TPSA) is 76.0 Å². The third kappa shape index (κ3) is 29.9. The van der Waals surface area contributed by atoms with E-state index in [4.69, 9.17) is 19.7 Å². The molecule has 140 valence electrons. The minimum Gasteiger partial charge on any atom is -0.481 e. The zero-order valence-corrected chi connectivity index (χ0v) is 15.2. The molecular weight excluding hydrogens is 296 g/mol. The fourth-order valence-corrected chi connectivity index (χ4v) is 2.02. The Hall–Kier alpha value is -0.650. The summed E-state index contributed by atoms with van der Waals surface area (Å²) >= 11 is 0. The molecule has 2 N–H and O–H groups in total. The Bertz CT molecular complexity index is 215. The molecule has 0 unspecified atom stereocenters. The van der Waals surface area contributed by atoms with Crippen molar-refractivity contribution in [1.82, 2.24) is 0 Å². The number of rotatable bonds is 16. The van der Waals surface area contributed by atoms with Crippen molar-refractivity contribution in [3.8, 4) is 0 Å². The molecule has 0 amide bonds. The standard InChI is InChI=1S/C12H24O2.C6H14O3/c1-2-3-4-5-6-7-8-9-10-11-12(13)14;1-2-8-5-6-9-4-3-7/h2-11H2,1H3,(H,13,14);7H,2-6H2,1H3. The Morgan fingerprint density at radius 1 is 0.783 bits per heavy atom. The summed E-state index contributed by atoms with van der Waals surface area (Å²) in [5.74, 6) is -0.659. The molecule has 0 atom stereocenters. The Labute approximate surface area is 142 Å². The Morgan fingerprint density at radius 2 is 1.30 bits per heavy atom. The Kier molecular flexibility index (Phi) is 25.3. The molecule has 0 aliphatic carbocycles. The molecule has 0 aromatic carbocycles. The van der Waals surface area contributed by atoms with Crippen LogP contribution in [0.4, 0.5) is 0 Å². The van der Waals surface area contributed by atoms with E-state index in [1.54, 1.807) is 0 Å². The number of hydrogen-bond donors (Lipinski definition) is 2. The lowest BCUT2D eigenvalue weighted by Crippen LogP contribution is -2.06. The number of unbranched alkanes of at least 4 members (excludes halogenated alkanes) is 8. The molecule has 0 rings (SSSR count). The Morgan fingerprint density at radius 3 is 1.78 bits per heavy atom. The highest BCUT2D eigenvalue weighted by molar-refractivity contribution is 5.66. The maximum Gasteiger partial charge on any atom is 0.303 e. The highest BCUT2D eigenvalue weighted by Crippen LogP contribution is 2.10. The van der Waals surface area contributed by atoms with Gasteiger partial charge in [0.1, 0.15) is 0 Å². The molecule has 23 heavy (non-hydrogen) atoms. The van der Waals surface area contributed by atoms with Gasteiger partial charge in [-0.25, -0.2) is 0 Å². The van der Waals surface area contributed by atoms with Crippen LogP contribution in [0.2, 0.25) is 0 Å². The summed E-state index contributed by atoms with van der Waals surface area (Å²) in [6.07, 6.45) is 11.5. The molecule has 0 bridgehead atoms. The van der Waals surface area contributed by atoms with Crippen LogP contribution in [0, 0.1) is 0 Å². The molecular formula is C18H38O5. The molecule has 0 aliphatic heterocycles. The van der Waals surface area contributed by atoms with Crippen LogP contribution in [0.3, 0.4) is 0 Å². The van der Waals surface area contributed by atoms with Crippen LogP contribution < -0.4 is 0 Å². The molecule has 5 heteroatoms. The monoisotopic (exact) mass is 334 g/mol. The quantitative estimate of drug-likeness (QED) is 0.417. The zero-order valence-electron chi connectivity index (χ0n) is 15.2.